The smallest absolute Gasteiger partial charge is 0.149 e. The minimum atomic E-state index is 0. The molecule has 0 aromatic heterocycles. The van der Waals surface area contributed by atoms with E-state index in [1.807, 2.05) is 6.07 Å². The summed E-state index contributed by atoms with van der Waals surface area (Å²) in [4.78, 5) is 10.6. The van der Waals surface area contributed by atoms with Crippen LogP contribution in [-0.2, 0) is 4.79 Å². The molecule has 0 saturated heterocycles. The molecule has 3 heteroatoms. The second kappa shape index (κ2) is 4.05. The molecule has 0 unspecified atom stereocenters. The standard InChI is InChI=1S/C6H7NO.Na/c7-4-3-6(8)5-1-2-5;/h5H,1-3H2;. The van der Waals surface area contributed by atoms with Crippen molar-refractivity contribution in [2.45, 2.75) is 19.3 Å². The van der Waals surface area contributed by atoms with Crippen LogP contribution in [0.3, 0.4) is 0 Å². The van der Waals surface area contributed by atoms with E-state index < -0.39 is 0 Å². The van der Waals surface area contributed by atoms with Gasteiger partial charge in [-0.15, -0.1) is 0 Å². The molecule has 43 valence electrons. The van der Waals surface area contributed by atoms with Crippen molar-refractivity contribution in [3.63, 3.8) is 0 Å². The van der Waals surface area contributed by atoms with Crippen molar-refractivity contribution < 1.29 is 4.79 Å². The Balaban J connectivity index is 0.000000640. The summed E-state index contributed by atoms with van der Waals surface area (Å²) < 4.78 is 0. The number of carbonyl (C=O) groups is 1. The van der Waals surface area contributed by atoms with Crippen molar-refractivity contribution in [3.05, 3.63) is 0 Å². The number of Topliss-reactive ketones (excluding diaryl/α,β-unsaturated/α-hetero) is 1. The maximum absolute atomic E-state index is 10.6. The molecule has 2 nitrogen and oxygen atoms in total. The van der Waals surface area contributed by atoms with Crippen LogP contribution in [0.15, 0.2) is 0 Å². The fourth-order valence-corrected chi connectivity index (χ4v) is 0.628. The molecule has 0 aliphatic heterocycles. The van der Waals surface area contributed by atoms with Crippen LogP contribution in [0.2, 0.25) is 0 Å². The van der Waals surface area contributed by atoms with Gasteiger partial charge in [0.15, 0.2) is 0 Å². The maximum Gasteiger partial charge on any atom is 0.149 e. The number of nitrogens with zero attached hydrogens (tertiary/aromatic N) is 1. The summed E-state index contributed by atoms with van der Waals surface area (Å²) in [6.45, 7) is 0. The zero-order valence-corrected chi connectivity index (χ0v) is 7.55. The zero-order valence-electron chi connectivity index (χ0n) is 5.55. The SMILES string of the molecule is N#CCC(=O)C1CC1.[Na]. The molecule has 0 atom stereocenters. The van der Waals surface area contributed by atoms with Gasteiger partial charge in [-0.05, 0) is 12.8 Å². The molecule has 1 aliphatic rings. The predicted octanol–water partition coefficient (Wildman–Crippen LogP) is 0.498. The van der Waals surface area contributed by atoms with Crippen LogP contribution in [0.1, 0.15) is 19.3 Å². The second-order valence-corrected chi connectivity index (χ2v) is 2.08. The van der Waals surface area contributed by atoms with Gasteiger partial charge < -0.3 is 0 Å². The van der Waals surface area contributed by atoms with Gasteiger partial charge in [-0.2, -0.15) is 5.26 Å². The summed E-state index contributed by atoms with van der Waals surface area (Å²) in [5.74, 6) is 0.391. The van der Waals surface area contributed by atoms with E-state index in [9.17, 15) is 4.79 Å². The minimum Gasteiger partial charge on any atom is -0.298 e. The molecule has 0 amide bonds. The molecule has 1 saturated carbocycles. The van der Waals surface area contributed by atoms with E-state index in [1.165, 1.54) is 0 Å². The summed E-state index contributed by atoms with van der Waals surface area (Å²) >= 11 is 0. The Labute approximate surface area is 76.5 Å². The van der Waals surface area contributed by atoms with E-state index >= 15 is 0 Å². The Kier molecular flexibility index (Phi) is 4.12. The molecule has 1 radical (unpaired) electrons. The topological polar surface area (TPSA) is 40.9 Å². The number of ketones is 1. The Bertz CT molecular complexity index is 146. The maximum atomic E-state index is 10.6. The Morgan fingerprint density at radius 2 is 2.22 bits per heavy atom. The van der Waals surface area contributed by atoms with Gasteiger partial charge >= 0.3 is 0 Å². The van der Waals surface area contributed by atoms with Crippen molar-refractivity contribution in [2.24, 2.45) is 5.92 Å². The molecule has 0 bridgehead atoms. The van der Waals surface area contributed by atoms with Crippen LogP contribution in [0.4, 0.5) is 0 Å². The second-order valence-electron chi connectivity index (χ2n) is 2.08. The third-order valence-electron chi connectivity index (χ3n) is 1.29. The number of carbonyl (C=O) groups excluding carboxylic acids is 1. The number of hydrogen-bond donors (Lipinski definition) is 0. The normalized spacial score (nSPS) is 15.4. The average Bonchev–Trinajstić information content (AvgIpc) is 2.45. The number of rotatable bonds is 2. The van der Waals surface area contributed by atoms with Gasteiger partial charge in [0.25, 0.3) is 0 Å². The first-order valence-electron chi connectivity index (χ1n) is 2.74. The van der Waals surface area contributed by atoms with Crippen molar-refractivity contribution in [2.75, 3.05) is 0 Å². The van der Waals surface area contributed by atoms with E-state index in [2.05, 4.69) is 0 Å². The summed E-state index contributed by atoms with van der Waals surface area (Å²) in [5.41, 5.74) is 0. The van der Waals surface area contributed by atoms with Crippen molar-refractivity contribution in [1.82, 2.24) is 0 Å². The third-order valence-corrected chi connectivity index (χ3v) is 1.29. The molecule has 9 heavy (non-hydrogen) atoms. The average molecular weight is 132 g/mol. The minimum absolute atomic E-state index is 0. The fourth-order valence-electron chi connectivity index (χ4n) is 0.628. The molecule has 1 rings (SSSR count). The Morgan fingerprint density at radius 1 is 1.67 bits per heavy atom. The summed E-state index contributed by atoms with van der Waals surface area (Å²) in [7, 11) is 0. The molecule has 0 N–H and O–H groups in total. The Morgan fingerprint density at radius 3 is 2.56 bits per heavy atom. The van der Waals surface area contributed by atoms with Gasteiger partial charge in [-0.25, -0.2) is 0 Å². The van der Waals surface area contributed by atoms with E-state index in [-0.39, 0.29) is 47.7 Å². The van der Waals surface area contributed by atoms with Crippen LogP contribution in [-0.4, -0.2) is 35.3 Å². The zero-order chi connectivity index (χ0) is 5.98. The van der Waals surface area contributed by atoms with Crippen LogP contribution < -0.4 is 0 Å². The predicted molar refractivity (Wildman–Crippen MR) is 33.7 cm³/mol. The van der Waals surface area contributed by atoms with Gasteiger partial charge in [0, 0.05) is 35.5 Å². The summed E-state index contributed by atoms with van der Waals surface area (Å²) in [6.07, 6.45) is 2.14. The van der Waals surface area contributed by atoms with Crippen LogP contribution in [0.5, 0.6) is 0 Å². The van der Waals surface area contributed by atoms with Gasteiger partial charge in [-0.3, -0.25) is 4.79 Å². The van der Waals surface area contributed by atoms with Crippen molar-refractivity contribution in [1.29, 1.82) is 5.26 Å². The van der Waals surface area contributed by atoms with Gasteiger partial charge in [0.1, 0.15) is 5.78 Å². The number of hydrogen-bond acceptors (Lipinski definition) is 2. The molecule has 0 aromatic carbocycles. The van der Waals surface area contributed by atoms with Gasteiger partial charge in [0.2, 0.25) is 0 Å². The molecule has 1 aliphatic carbocycles. The number of nitriles is 1. The van der Waals surface area contributed by atoms with Crippen LogP contribution in [0, 0.1) is 17.2 Å². The van der Waals surface area contributed by atoms with Crippen molar-refractivity contribution in [3.8, 4) is 6.07 Å². The van der Waals surface area contributed by atoms with Gasteiger partial charge in [-0.1, -0.05) is 0 Å². The van der Waals surface area contributed by atoms with Gasteiger partial charge in [0.05, 0.1) is 12.5 Å². The quantitative estimate of drug-likeness (QED) is 0.513. The molecular weight excluding hydrogens is 125 g/mol. The molecular formula is C6H7NNaO. The summed E-state index contributed by atoms with van der Waals surface area (Å²) in [6, 6.07) is 1.84. The molecule has 0 spiro atoms. The van der Waals surface area contributed by atoms with E-state index in [0.717, 1.165) is 12.8 Å². The monoisotopic (exact) mass is 132 g/mol. The first-order chi connectivity index (χ1) is 3.84. The first-order valence-corrected chi connectivity index (χ1v) is 2.74. The summed E-state index contributed by atoms with van der Waals surface area (Å²) in [5, 5.41) is 8.04. The molecule has 0 aromatic rings. The third kappa shape index (κ3) is 3.00. The van der Waals surface area contributed by atoms with E-state index in [1.54, 1.807) is 0 Å². The van der Waals surface area contributed by atoms with E-state index in [0.29, 0.717) is 0 Å². The van der Waals surface area contributed by atoms with Crippen LogP contribution in [0.25, 0.3) is 0 Å². The first kappa shape index (κ1) is 9.16. The molecule has 1 fully saturated rings. The van der Waals surface area contributed by atoms with E-state index in [4.69, 9.17) is 5.26 Å². The molecule has 0 heterocycles. The van der Waals surface area contributed by atoms with Crippen molar-refractivity contribution >= 4 is 35.3 Å². The largest absolute Gasteiger partial charge is 0.298 e. The Hall–Kier alpha value is 0.160. The van der Waals surface area contributed by atoms with Crippen LogP contribution >= 0.6 is 0 Å². The fraction of sp³-hybridized carbons (Fsp3) is 0.667.